The number of hydrogen-bond acceptors (Lipinski definition) is 6. The van der Waals surface area contributed by atoms with Crippen LogP contribution in [0, 0.1) is 0 Å². The number of carbonyl (C=O) groups excluding carboxylic acids is 1. The van der Waals surface area contributed by atoms with Gasteiger partial charge in [0.1, 0.15) is 0 Å². The monoisotopic (exact) mass is 359 g/mol. The molecule has 0 saturated heterocycles. The van der Waals surface area contributed by atoms with Crippen molar-refractivity contribution in [2.75, 3.05) is 14.1 Å². The molecule has 8 heteroatoms. The molecule has 0 saturated carbocycles. The smallest absolute Gasteiger partial charge is 0.253 e. The Morgan fingerprint density at radius 1 is 1.25 bits per heavy atom. The summed E-state index contributed by atoms with van der Waals surface area (Å²) in [6.45, 7) is 0.684. The van der Waals surface area contributed by atoms with Gasteiger partial charge in [-0.25, -0.2) is 4.68 Å². The average Bonchev–Trinajstić information content (AvgIpc) is 3.25. The van der Waals surface area contributed by atoms with Crippen LogP contribution in [-0.2, 0) is 12.3 Å². The summed E-state index contributed by atoms with van der Waals surface area (Å²) in [4.78, 5) is 14.7. The lowest BCUT2D eigenvalue weighted by atomic mass is 10.1. The highest BCUT2D eigenvalue weighted by atomic mass is 32.2. The fourth-order valence-electron chi connectivity index (χ4n) is 2.10. The molecule has 2 aromatic heterocycles. The van der Waals surface area contributed by atoms with E-state index in [2.05, 4.69) is 21.6 Å². The van der Waals surface area contributed by atoms with Crippen LogP contribution in [0.4, 0.5) is 0 Å². The van der Waals surface area contributed by atoms with Gasteiger partial charge in [-0.1, -0.05) is 30.0 Å². The van der Waals surface area contributed by atoms with Crippen molar-refractivity contribution in [1.29, 1.82) is 0 Å². The van der Waals surface area contributed by atoms with E-state index in [4.69, 9.17) is 0 Å². The molecule has 0 N–H and O–H groups in total. The van der Waals surface area contributed by atoms with Gasteiger partial charge in [0, 0.05) is 30.3 Å². The number of carbonyl (C=O) groups is 1. The number of thiophene rings is 1. The summed E-state index contributed by atoms with van der Waals surface area (Å²) in [5.41, 5.74) is 1.82. The Hall–Kier alpha value is -2.19. The number of aromatic nitrogens is 4. The lowest BCUT2D eigenvalue weighted by Crippen LogP contribution is -2.21. The standard InChI is InChI=1S/C16H17N5OS2/c1-20(2)15(22)13-7-5-12(6-8-13)11-24-16-17-18-19-21(16)10-14-4-3-9-23-14/h3-9H,10-11H2,1-2H3. The Balaban J connectivity index is 1.62. The number of hydrogen-bond donors (Lipinski definition) is 0. The predicted molar refractivity (Wildman–Crippen MR) is 95.3 cm³/mol. The molecule has 0 radical (unpaired) electrons. The molecular weight excluding hydrogens is 342 g/mol. The minimum absolute atomic E-state index is 0.00842. The van der Waals surface area contributed by atoms with Crippen molar-refractivity contribution in [2.24, 2.45) is 0 Å². The van der Waals surface area contributed by atoms with Crippen molar-refractivity contribution in [3.05, 3.63) is 57.8 Å². The van der Waals surface area contributed by atoms with E-state index in [0.29, 0.717) is 12.1 Å². The molecule has 124 valence electrons. The number of rotatable bonds is 6. The van der Waals surface area contributed by atoms with Crippen molar-refractivity contribution in [3.8, 4) is 0 Å². The molecule has 2 heterocycles. The Bertz CT molecular complexity index is 796. The summed E-state index contributed by atoms with van der Waals surface area (Å²) in [7, 11) is 3.50. The summed E-state index contributed by atoms with van der Waals surface area (Å²) in [6.07, 6.45) is 0. The molecule has 24 heavy (non-hydrogen) atoms. The zero-order valence-electron chi connectivity index (χ0n) is 13.4. The van der Waals surface area contributed by atoms with Crippen molar-refractivity contribution >= 4 is 29.0 Å². The molecule has 0 bridgehead atoms. The van der Waals surface area contributed by atoms with Gasteiger partial charge >= 0.3 is 0 Å². The van der Waals surface area contributed by atoms with Crippen LogP contribution in [0.3, 0.4) is 0 Å². The largest absolute Gasteiger partial charge is 0.345 e. The zero-order chi connectivity index (χ0) is 16.9. The van der Waals surface area contributed by atoms with Gasteiger partial charge in [0.15, 0.2) is 0 Å². The van der Waals surface area contributed by atoms with E-state index >= 15 is 0 Å². The van der Waals surface area contributed by atoms with Crippen LogP contribution in [-0.4, -0.2) is 45.1 Å². The lowest BCUT2D eigenvalue weighted by molar-refractivity contribution is 0.0827. The minimum Gasteiger partial charge on any atom is -0.345 e. The predicted octanol–water partition coefficient (Wildman–Crippen LogP) is 2.78. The fourth-order valence-corrected chi connectivity index (χ4v) is 3.62. The average molecular weight is 359 g/mol. The maximum atomic E-state index is 11.9. The molecule has 3 aromatic rings. The Morgan fingerprint density at radius 2 is 2.04 bits per heavy atom. The highest BCUT2D eigenvalue weighted by Crippen LogP contribution is 2.21. The highest BCUT2D eigenvalue weighted by molar-refractivity contribution is 7.98. The van der Waals surface area contributed by atoms with Gasteiger partial charge in [-0.2, -0.15) is 0 Å². The molecule has 0 unspecified atom stereocenters. The van der Waals surface area contributed by atoms with Crippen LogP contribution in [0.1, 0.15) is 20.8 Å². The van der Waals surface area contributed by atoms with Gasteiger partial charge < -0.3 is 4.90 Å². The van der Waals surface area contributed by atoms with E-state index in [1.54, 1.807) is 46.8 Å². The van der Waals surface area contributed by atoms with Crippen LogP contribution >= 0.6 is 23.1 Å². The summed E-state index contributed by atoms with van der Waals surface area (Å²) >= 11 is 3.27. The van der Waals surface area contributed by atoms with Gasteiger partial charge in [0.25, 0.3) is 5.91 Å². The second kappa shape index (κ2) is 7.59. The third kappa shape index (κ3) is 4.01. The van der Waals surface area contributed by atoms with Crippen LogP contribution < -0.4 is 0 Å². The molecule has 1 amide bonds. The minimum atomic E-state index is 0.00842. The zero-order valence-corrected chi connectivity index (χ0v) is 15.0. The van der Waals surface area contributed by atoms with E-state index in [0.717, 1.165) is 16.5 Å². The maximum Gasteiger partial charge on any atom is 0.253 e. The van der Waals surface area contributed by atoms with Crippen LogP contribution in [0.2, 0.25) is 0 Å². The Labute approximate surface area is 148 Å². The van der Waals surface area contributed by atoms with Crippen LogP contribution in [0.15, 0.2) is 46.9 Å². The first-order chi connectivity index (χ1) is 11.6. The molecular formula is C16H17N5OS2. The third-order valence-corrected chi connectivity index (χ3v) is 5.25. The molecule has 0 aliphatic heterocycles. The number of tetrazole rings is 1. The summed E-state index contributed by atoms with van der Waals surface area (Å²) in [6, 6.07) is 11.7. The molecule has 0 atom stereocenters. The topological polar surface area (TPSA) is 63.9 Å². The molecule has 6 nitrogen and oxygen atoms in total. The first kappa shape index (κ1) is 16.7. The van der Waals surface area contributed by atoms with Crippen molar-refractivity contribution in [3.63, 3.8) is 0 Å². The van der Waals surface area contributed by atoms with E-state index in [1.165, 1.54) is 4.88 Å². The van der Waals surface area contributed by atoms with Crippen LogP contribution in [0.25, 0.3) is 0 Å². The quantitative estimate of drug-likeness (QED) is 0.633. The van der Waals surface area contributed by atoms with Crippen molar-refractivity contribution < 1.29 is 4.79 Å². The normalized spacial score (nSPS) is 10.8. The molecule has 1 aromatic carbocycles. The van der Waals surface area contributed by atoms with Gasteiger partial charge in [0.05, 0.1) is 6.54 Å². The second-order valence-corrected chi connectivity index (χ2v) is 7.36. The van der Waals surface area contributed by atoms with E-state index in [1.807, 2.05) is 35.7 Å². The van der Waals surface area contributed by atoms with E-state index < -0.39 is 0 Å². The molecule has 0 fully saturated rings. The SMILES string of the molecule is CN(C)C(=O)c1ccc(CSc2nnnn2Cc2cccs2)cc1. The molecule has 0 aliphatic carbocycles. The number of amides is 1. The summed E-state index contributed by atoms with van der Waals surface area (Å²) < 4.78 is 1.81. The first-order valence-electron chi connectivity index (χ1n) is 7.35. The van der Waals surface area contributed by atoms with Crippen molar-refractivity contribution in [1.82, 2.24) is 25.1 Å². The summed E-state index contributed by atoms with van der Waals surface area (Å²) in [5.74, 6) is 0.760. The maximum absolute atomic E-state index is 11.9. The van der Waals surface area contributed by atoms with Gasteiger partial charge in [-0.15, -0.1) is 16.4 Å². The first-order valence-corrected chi connectivity index (χ1v) is 9.22. The molecule has 0 spiro atoms. The van der Waals surface area contributed by atoms with Gasteiger partial charge in [-0.3, -0.25) is 4.79 Å². The van der Waals surface area contributed by atoms with Crippen molar-refractivity contribution in [2.45, 2.75) is 17.5 Å². The Kier molecular flexibility index (Phi) is 5.27. The van der Waals surface area contributed by atoms with E-state index in [-0.39, 0.29) is 5.91 Å². The number of thioether (sulfide) groups is 1. The number of benzene rings is 1. The highest BCUT2D eigenvalue weighted by Gasteiger charge is 2.10. The lowest BCUT2D eigenvalue weighted by Gasteiger charge is -2.10. The summed E-state index contributed by atoms with van der Waals surface area (Å²) in [5, 5.41) is 14.7. The Morgan fingerprint density at radius 3 is 2.71 bits per heavy atom. The van der Waals surface area contributed by atoms with E-state index in [9.17, 15) is 4.79 Å². The fraction of sp³-hybridized carbons (Fsp3) is 0.250. The van der Waals surface area contributed by atoms with Crippen LogP contribution in [0.5, 0.6) is 0 Å². The second-order valence-electron chi connectivity index (χ2n) is 5.38. The molecule has 0 aliphatic rings. The van der Waals surface area contributed by atoms with Gasteiger partial charge in [0.2, 0.25) is 5.16 Å². The third-order valence-electron chi connectivity index (χ3n) is 3.36. The van der Waals surface area contributed by atoms with Gasteiger partial charge in [-0.05, 0) is 39.6 Å². The molecule has 3 rings (SSSR count). The number of nitrogens with zero attached hydrogens (tertiary/aromatic N) is 5.